The summed E-state index contributed by atoms with van der Waals surface area (Å²) in [6, 6.07) is 10.8. The topological polar surface area (TPSA) is 60.1 Å². The van der Waals surface area contributed by atoms with Crippen LogP contribution >= 0.6 is 0 Å². The third-order valence-corrected chi connectivity index (χ3v) is 4.43. The summed E-state index contributed by atoms with van der Waals surface area (Å²) in [6.45, 7) is 0. The number of amides is 1. The highest BCUT2D eigenvalue weighted by Gasteiger charge is 2.29. The van der Waals surface area contributed by atoms with Gasteiger partial charge in [-0.25, -0.2) is 0 Å². The minimum absolute atomic E-state index is 0.00333. The van der Waals surface area contributed by atoms with Gasteiger partial charge in [-0.3, -0.25) is 4.79 Å². The van der Waals surface area contributed by atoms with Crippen LogP contribution in [-0.2, 0) is 12.8 Å². The summed E-state index contributed by atoms with van der Waals surface area (Å²) >= 11 is 0. The summed E-state index contributed by atoms with van der Waals surface area (Å²) in [5.41, 5.74) is 9.92. The van der Waals surface area contributed by atoms with Crippen molar-refractivity contribution in [3.8, 4) is 0 Å². The van der Waals surface area contributed by atoms with Crippen molar-refractivity contribution in [1.82, 2.24) is 9.88 Å². The van der Waals surface area contributed by atoms with Crippen molar-refractivity contribution >= 4 is 11.6 Å². The van der Waals surface area contributed by atoms with E-state index in [2.05, 4.69) is 29.6 Å². The van der Waals surface area contributed by atoms with E-state index in [9.17, 15) is 4.79 Å². The maximum Gasteiger partial charge on any atom is 0.268 e. The largest absolute Gasteiger partial charge is 0.397 e. The fourth-order valence-electron chi connectivity index (χ4n) is 3.26. The standard InChI is InChI=1S/C17H19N3O/c18-13-9-16(20(10-13)15-5-6-15)17(21)19-14-7-11-3-1-2-4-12(11)8-14/h1-4,9-10,14-15H,5-8,18H2,(H,19,21). The number of rotatable bonds is 3. The first-order chi connectivity index (χ1) is 10.2. The molecule has 2 aliphatic carbocycles. The van der Waals surface area contributed by atoms with Crippen molar-refractivity contribution in [2.75, 3.05) is 5.73 Å². The Bertz CT molecular complexity index is 675. The molecule has 4 nitrogen and oxygen atoms in total. The molecule has 1 aromatic carbocycles. The van der Waals surface area contributed by atoms with Crippen LogP contribution < -0.4 is 11.1 Å². The number of anilines is 1. The number of fused-ring (bicyclic) bond motifs is 1. The number of nitrogens with one attached hydrogen (secondary N) is 1. The molecular formula is C17H19N3O. The average molecular weight is 281 g/mol. The molecular weight excluding hydrogens is 262 g/mol. The number of nitrogens with zero attached hydrogens (tertiary/aromatic N) is 1. The van der Waals surface area contributed by atoms with Crippen LogP contribution in [0.5, 0.6) is 0 Å². The number of aromatic nitrogens is 1. The van der Waals surface area contributed by atoms with Gasteiger partial charge in [-0.2, -0.15) is 0 Å². The van der Waals surface area contributed by atoms with Crippen molar-refractivity contribution in [3.05, 3.63) is 53.3 Å². The molecule has 1 aromatic heterocycles. The third kappa shape index (κ3) is 2.31. The maximum absolute atomic E-state index is 12.5. The molecule has 1 saturated carbocycles. The van der Waals surface area contributed by atoms with Crippen LogP contribution in [0.1, 0.15) is 40.5 Å². The molecule has 3 N–H and O–H groups in total. The summed E-state index contributed by atoms with van der Waals surface area (Å²) in [5.74, 6) is -0.00333. The van der Waals surface area contributed by atoms with Crippen LogP contribution in [0, 0.1) is 0 Å². The predicted molar refractivity (Wildman–Crippen MR) is 82.2 cm³/mol. The summed E-state index contributed by atoms with van der Waals surface area (Å²) in [4.78, 5) is 12.5. The van der Waals surface area contributed by atoms with Crippen LogP contribution in [0.15, 0.2) is 36.5 Å². The van der Waals surface area contributed by atoms with E-state index in [0.29, 0.717) is 17.4 Å². The van der Waals surface area contributed by atoms with Crippen LogP contribution in [0.3, 0.4) is 0 Å². The van der Waals surface area contributed by atoms with E-state index in [-0.39, 0.29) is 11.9 Å². The third-order valence-electron chi connectivity index (χ3n) is 4.43. The van der Waals surface area contributed by atoms with Crippen LogP contribution in [-0.4, -0.2) is 16.5 Å². The summed E-state index contributed by atoms with van der Waals surface area (Å²) < 4.78 is 2.03. The van der Waals surface area contributed by atoms with Crippen molar-refractivity contribution in [2.24, 2.45) is 0 Å². The molecule has 108 valence electrons. The molecule has 2 aliphatic rings. The Balaban J connectivity index is 1.50. The molecule has 2 aromatic rings. The monoisotopic (exact) mass is 281 g/mol. The lowest BCUT2D eigenvalue weighted by molar-refractivity contribution is 0.0929. The highest BCUT2D eigenvalue weighted by Crippen LogP contribution is 2.37. The number of carbonyl (C=O) groups is 1. The Morgan fingerprint density at radius 3 is 2.48 bits per heavy atom. The molecule has 0 bridgehead atoms. The molecule has 0 unspecified atom stereocenters. The normalized spacial score (nSPS) is 17.7. The van der Waals surface area contributed by atoms with Gasteiger partial charge in [-0.15, -0.1) is 0 Å². The molecule has 4 rings (SSSR count). The highest BCUT2D eigenvalue weighted by molar-refractivity contribution is 5.94. The minimum atomic E-state index is -0.00333. The summed E-state index contributed by atoms with van der Waals surface area (Å²) in [7, 11) is 0. The van der Waals surface area contributed by atoms with Gasteiger partial charge < -0.3 is 15.6 Å². The van der Waals surface area contributed by atoms with Gasteiger partial charge in [0.15, 0.2) is 0 Å². The van der Waals surface area contributed by atoms with Gasteiger partial charge in [0.05, 0.1) is 5.69 Å². The zero-order valence-electron chi connectivity index (χ0n) is 11.9. The van der Waals surface area contributed by atoms with Crippen LogP contribution in [0.2, 0.25) is 0 Å². The SMILES string of the molecule is Nc1cc(C(=O)NC2Cc3ccccc3C2)n(C2CC2)c1. The van der Waals surface area contributed by atoms with E-state index in [0.717, 1.165) is 25.7 Å². The summed E-state index contributed by atoms with van der Waals surface area (Å²) in [6.07, 6.45) is 6.01. The van der Waals surface area contributed by atoms with Gasteiger partial charge >= 0.3 is 0 Å². The number of nitrogens with two attached hydrogens (primary N) is 1. The lowest BCUT2D eigenvalue weighted by Gasteiger charge is -2.13. The smallest absolute Gasteiger partial charge is 0.268 e. The Labute approximate surface area is 124 Å². The first-order valence-electron chi connectivity index (χ1n) is 7.55. The predicted octanol–water partition coefficient (Wildman–Crippen LogP) is 2.30. The van der Waals surface area contributed by atoms with Gasteiger partial charge in [-0.1, -0.05) is 24.3 Å². The van der Waals surface area contributed by atoms with E-state index in [1.807, 2.05) is 10.8 Å². The van der Waals surface area contributed by atoms with Crippen molar-refractivity contribution < 1.29 is 4.79 Å². The molecule has 1 fully saturated rings. The molecule has 1 amide bonds. The van der Waals surface area contributed by atoms with Crippen LogP contribution in [0.4, 0.5) is 5.69 Å². The zero-order valence-corrected chi connectivity index (χ0v) is 11.9. The molecule has 0 saturated heterocycles. The zero-order chi connectivity index (χ0) is 14.4. The molecule has 0 radical (unpaired) electrons. The number of nitrogen functional groups attached to an aromatic ring is 1. The molecule has 4 heteroatoms. The van der Waals surface area contributed by atoms with Gasteiger partial charge in [0.2, 0.25) is 0 Å². The fraction of sp³-hybridized carbons (Fsp3) is 0.353. The van der Waals surface area contributed by atoms with Crippen molar-refractivity contribution in [3.63, 3.8) is 0 Å². The fourth-order valence-corrected chi connectivity index (χ4v) is 3.26. The Hall–Kier alpha value is -2.23. The minimum Gasteiger partial charge on any atom is -0.397 e. The second kappa shape index (κ2) is 4.65. The number of carbonyl (C=O) groups excluding carboxylic acids is 1. The lowest BCUT2D eigenvalue weighted by Crippen LogP contribution is -2.36. The molecule has 21 heavy (non-hydrogen) atoms. The van der Waals surface area contributed by atoms with E-state index < -0.39 is 0 Å². The molecule has 0 atom stereocenters. The average Bonchev–Trinajstić information content (AvgIpc) is 3.11. The lowest BCUT2D eigenvalue weighted by atomic mass is 10.1. The van der Waals surface area contributed by atoms with E-state index >= 15 is 0 Å². The number of benzene rings is 1. The Morgan fingerprint density at radius 2 is 1.86 bits per heavy atom. The van der Waals surface area contributed by atoms with Crippen LogP contribution in [0.25, 0.3) is 0 Å². The first kappa shape index (κ1) is 12.5. The Morgan fingerprint density at radius 1 is 1.19 bits per heavy atom. The summed E-state index contributed by atoms with van der Waals surface area (Å²) in [5, 5.41) is 3.16. The number of hydrogen-bond donors (Lipinski definition) is 2. The quantitative estimate of drug-likeness (QED) is 0.907. The molecule has 1 heterocycles. The Kier molecular flexibility index (Phi) is 2.77. The first-order valence-corrected chi connectivity index (χ1v) is 7.55. The van der Waals surface area contributed by atoms with Crippen molar-refractivity contribution in [2.45, 2.75) is 37.8 Å². The van der Waals surface area contributed by atoms with E-state index in [4.69, 9.17) is 5.73 Å². The maximum atomic E-state index is 12.5. The van der Waals surface area contributed by atoms with Gasteiger partial charge in [0, 0.05) is 18.3 Å². The molecule has 0 spiro atoms. The van der Waals surface area contributed by atoms with Gasteiger partial charge in [-0.05, 0) is 42.9 Å². The number of hydrogen-bond acceptors (Lipinski definition) is 2. The van der Waals surface area contributed by atoms with E-state index in [1.54, 1.807) is 6.07 Å². The second-order valence-electron chi connectivity index (χ2n) is 6.14. The van der Waals surface area contributed by atoms with Crippen molar-refractivity contribution in [1.29, 1.82) is 0 Å². The highest BCUT2D eigenvalue weighted by atomic mass is 16.2. The molecule has 0 aliphatic heterocycles. The van der Waals surface area contributed by atoms with E-state index in [1.165, 1.54) is 11.1 Å². The second-order valence-corrected chi connectivity index (χ2v) is 6.14. The van der Waals surface area contributed by atoms with Gasteiger partial charge in [0.25, 0.3) is 5.91 Å². The van der Waals surface area contributed by atoms with Gasteiger partial charge in [0.1, 0.15) is 5.69 Å².